The first-order chi connectivity index (χ1) is 14.6. The van der Waals surface area contributed by atoms with Gasteiger partial charge in [0, 0.05) is 18.0 Å². The third-order valence-electron chi connectivity index (χ3n) is 6.21. The lowest BCUT2D eigenvalue weighted by molar-refractivity contribution is -0.0172. The number of fused-ring (bicyclic) bond motifs is 1. The van der Waals surface area contributed by atoms with Gasteiger partial charge in [0.2, 0.25) is 5.95 Å². The number of nitrogens with zero attached hydrogens (tertiary/aromatic N) is 3. The van der Waals surface area contributed by atoms with E-state index in [-0.39, 0.29) is 24.7 Å². The average Bonchev–Trinajstić information content (AvgIpc) is 3.45. The molecule has 2 fully saturated rings. The summed E-state index contributed by atoms with van der Waals surface area (Å²) < 4.78 is 1.14. The summed E-state index contributed by atoms with van der Waals surface area (Å²) in [4.78, 5) is 14.4. The van der Waals surface area contributed by atoms with Crippen LogP contribution in [0, 0.1) is 18.3 Å². The number of aryl methyl sites for hydroxylation is 1. The van der Waals surface area contributed by atoms with Crippen LogP contribution in [-0.4, -0.2) is 51.0 Å². The van der Waals surface area contributed by atoms with E-state index in [2.05, 4.69) is 16.7 Å². The van der Waals surface area contributed by atoms with E-state index in [1.165, 1.54) is 12.8 Å². The van der Waals surface area contributed by atoms with Gasteiger partial charge in [-0.3, -0.25) is 0 Å². The molecule has 8 heteroatoms. The Kier molecular flexibility index (Phi) is 5.08. The smallest absolute Gasteiger partial charge is 0.224 e. The van der Waals surface area contributed by atoms with Crippen molar-refractivity contribution >= 4 is 33.3 Å². The molecule has 0 radical (unpaired) electrons. The van der Waals surface area contributed by atoms with Crippen LogP contribution in [0.1, 0.15) is 31.4 Å². The van der Waals surface area contributed by atoms with E-state index in [1.54, 1.807) is 11.3 Å². The Bertz CT molecular complexity index is 1020. The number of nitrogens with one attached hydrogen (secondary N) is 2. The maximum atomic E-state index is 9.62. The molecule has 158 valence electrons. The zero-order chi connectivity index (χ0) is 20.7. The molecule has 30 heavy (non-hydrogen) atoms. The van der Waals surface area contributed by atoms with Crippen molar-refractivity contribution in [3.63, 3.8) is 0 Å². The highest BCUT2D eigenvalue weighted by molar-refractivity contribution is 7.21. The molecule has 3 aromatic rings. The largest absolute Gasteiger partial charge is 0.396 e. The number of aliphatic hydroxyl groups excluding tert-OH is 2. The standard InChI is InChI=1S/C22H27N5O2S/c1-13-18(20-26-16-4-2-3-5-17(16)30-20)19(25-15-8-22(9-15,11-28)12-29)27-21(24-13)23-10-14-6-7-14/h2-5,14-15,28-29H,6-12H2,1H3,(H2,23,24,25,27). The van der Waals surface area contributed by atoms with Crippen molar-refractivity contribution in [1.82, 2.24) is 15.0 Å². The van der Waals surface area contributed by atoms with E-state index in [1.807, 2.05) is 25.1 Å². The predicted molar refractivity (Wildman–Crippen MR) is 120 cm³/mol. The number of aromatic nitrogens is 3. The molecule has 2 heterocycles. The van der Waals surface area contributed by atoms with Crippen LogP contribution in [0.2, 0.25) is 0 Å². The zero-order valence-corrected chi connectivity index (χ0v) is 17.9. The summed E-state index contributed by atoms with van der Waals surface area (Å²) >= 11 is 1.64. The van der Waals surface area contributed by atoms with Gasteiger partial charge in [0.05, 0.1) is 34.7 Å². The molecule has 0 atom stereocenters. The first kappa shape index (κ1) is 19.7. The van der Waals surface area contributed by atoms with Crippen molar-refractivity contribution in [2.45, 2.75) is 38.6 Å². The quantitative estimate of drug-likeness (QED) is 0.438. The average molecular weight is 426 g/mol. The molecule has 0 unspecified atom stereocenters. The van der Waals surface area contributed by atoms with Crippen LogP contribution >= 0.6 is 11.3 Å². The Labute approximate surface area is 179 Å². The number of rotatable bonds is 8. The van der Waals surface area contributed by atoms with Gasteiger partial charge in [-0.2, -0.15) is 4.98 Å². The number of anilines is 2. The minimum absolute atomic E-state index is 0.00338. The Morgan fingerprint density at radius 2 is 1.87 bits per heavy atom. The number of hydrogen-bond donors (Lipinski definition) is 4. The molecule has 7 nitrogen and oxygen atoms in total. The summed E-state index contributed by atoms with van der Waals surface area (Å²) in [5.74, 6) is 2.15. The van der Waals surface area contributed by atoms with E-state index < -0.39 is 0 Å². The van der Waals surface area contributed by atoms with E-state index in [0.717, 1.165) is 44.8 Å². The molecular weight excluding hydrogens is 398 g/mol. The van der Waals surface area contributed by atoms with Gasteiger partial charge < -0.3 is 20.8 Å². The van der Waals surface area contributed by atoms with Crippen LogP contribution in [0.15, 0.2) is 24.3 Å². The lowest BCUT2D eigenvalue weighted by atomic mass is 9.66. The van der Waals surface area contributed by atoms with Gasteiger partial charge in [0.15, 0.2) is 0 Å². The Morgan fingerprint density at radius 1 is 1.10 bits per heavy atom. The summed E-state index contributed by atoms with van der Waals surface area (Å²) in [6, 6.07) is 8.27. The Balaban J connectivity index is 1.48. The minimum Gasteiger partial charge on any atom is -0.396 e. The maximum absolute atomic E-state index is 9.62. The first-order valence-electron chi connectivity index (χ1n) is 10.6. The lowest BCUT2D eigenvalue weighted by Crippen LogP contribution is -2.49. The second-order valence-corrected chi connectivity index (χ2v) is 9.76. The van der Waals surface area contributed by atoms with Crippen molar-refractivity contribution in [3.8, 4) is 10.6 Å². The van der Waals surface area contributed by atoms with Gasteiger partial charge in [-0.05, 0) is 50.7 Å². The van der Waals surface area contributed by atoms with Crippen molar-refractivity contribution in [2.75, 3.05) is 30.4 Å². The summed E-state index contributed by atoms with van der Waals surface area (Å²) in [5.41, 5.74) is 2.41. The molecule has 4 N–H and O–H groups in total. The molecule has 2 saturated carbocycles. The molecule has 0 aliphatic heterocycles. The van der Waals surface area contributed by atoms with E-state index >= 15 is 0 Å². The fraction of sp³-hybridized carbons (Fsp3) is 0.500. The second kappa shape index (κ2) is 7.76. The molecule has 0 bridgehead atoms. The number of thiazole rings is 1. The van der Waals surface area contributed by atoms with E-state index in [4.69, 9.17) is 15.0 Å². The molecule has 2 aliphatic carbocycles. The fourth-order valence-electron chi connectivity index (χ4n) is 4.14. The van der Waals surface area contributed by atoms with Gasteiger partial charge in [-0.1, -0.05) is 12.1 Å². The van der Waals surface area contributed by atoms with Gasteiger partial charge in [0.25, 0.3) is 0 Å². The predicted octanol–water partition coefficient (Wildman–Crippen LogP) is 3.43. The molecule has 0 saturated heterocycles. The van der Waals surface area contributed by atoms with E-state index in [9.17, 15) is 10.2 Å². The Morgan fingerprint density at radius 3 is 2.57 bits per heavy atom. The van der Waals surface area contributed by atoms with Crippen LogP contribution in [0.25, 0.3) is 20.8 Å². The third kappa shape index (κ3) is 3.75. The SMILES string of the molecule is Cc1nc(NCC2CC2)nc(NC2CC(CO)(CO)C2)c1-c1nc2ccccc2s1. The third-order valence-corrected chi connectivity index (χ3v) is 7.27. The van der Waals surface area contributed by atoms with Crippen molar-refractivity contribution in [1.29, 1.82) is 0 Å². The number of hydrogen-bond acceptors (Lipinski definition) is 8. The topological polar surface area (TPSA) is 103 Å². The summed E-state index contributed by atoms with van der Waals surface area (Å²) in [6.07, 6.45) is 3.97. The monoisotopic (exact) mass is 425 g/mol. The zero-order valence-electron chi connectivity index (χ0n) is 17.1. The summed E-state index contributed by atoms with van der Waals surface area (Å²) in [7, 11) is 0. The highest BCUT2D eigenvalue weighted by Gasteiger charge is 2.44. The van der Waals surface area contributed by atoms with Gasteiger partial charge in [0.1, 0.15) is 10.8 Å². The molecule has 1 aromatic carbocycles. The van der Waals surface area contributed by atoms with Crippen molar-refractivity contribution in [2.24, 2.45) is 11.3 Å². The highest BCUT2D eigenvalue weighted by atomic mass is 32.1. The first-order valence-corrected chi connectivity index (χ1v) is 11.4. The van der Waals surface area contributed by atoms with Crippen molar-refractivity contribution in [3.05, 3.63) is 30.0 Å². The van der Waals surface area contributed by atoms with Crippen LogP contribution in [0.4, 0.5) is 11.8 Å². The maximum Gasteiger partial charge on any atom is 0.224 e. The summed E-state index contributed by atoms with van der Waals surface area (Å²) in [5, 5.41) is 27.1. The molecular formula is C22H27N5O2S. The fourth-order valence-corrected chi connectivity index (χ4v) is 5.20. The van der Waals surface area contributed by atoms with Gasteiger partial charge in [-0.15, -0.1) is 11.3 Å². The van der Waals surface area contributed by atoms with E-state index in [0.29, 0.717) is 18.8 Å². The molecule has 2 aromatic heterocycles. The number of aliphatic hydroxyl groups is 2. The minimum atomic E-state index is -0.386. The van der Waals surface area contributed by atoms with Crippen LogP contribution in [-0.2, 0) is 0 Å². The molecule has 0 amide bonds. The van der Waals surface area contributed by atoms with Crippen LogP contribution in [0.5, 0.6) is 0 Å². The number of para-hydroxylation sites is 1. The van der Waals surface area contributed by atoms with Gasteiger partial charge in [-0.25, -0.2) is 9.97 Å². The summed E-state index contributed by atoms with van der Waals surface area (Å²) in [6.45, 7) is 2.91. The second-order valence-electron chi connectivity index (χ2n) is 8.73. The van der Waals surface area contributed by atoms with Gasteiger partial charge >= 0.3 is 0 Å². The van der Waals surface area contributed by atoms with Crippen LogP contribution in [0.3, 0.4) is 0 Å². The highest BCUT2D eigenvalue weighted by Crippen LogP contribution is 2.43. The van der Waals surface area contributed by atoms with Crippen LogP contribution < -0.4 is 10.6 Å². The molecule has 0 spiro atoms. The normalized spacial score (nSPS) is 18.4. The molecule has 5 rings (SSSR count). The van der Waals surface area contributed by atoms with Crippen molar-refractivity contribution < 1.29 is 10.2 Å². The lowest BCUT2D eigenvalue weighted by Gasteiger charge is -2.46. The number of benzene rings is 1. The Hall–Kier alpha value is -2.29. The molecule has 2 aliphatic rings.